The molecule has 5 heteroatoms. The van der Waals surface area contributed by atoms with Crippen LogP contribution >= 0.6 is 11.3 Å². The topological polar surface area (TPSA) is 50.9 Å². The van der Waals surface area contributed by atoms with Gasteiger partial charge >= 0.3 is 0 Å². The Morgan fingerprint density at radius 2 is 2.10 bits per heavy atom. The quantitative estimate of drug-likeness (QED) is 0.572. The summed E-state index contributed by atoms with van der Waals surface area (Å²) in [7, 11) is 0. The van der Waals surface area contributed by atoms with E-state index < -0.39 is 0 Å². The second-order valence-corrected chi connectivity index (χ2v) is 5.49. The molecule has 0 spiro atoms. The Bertz CT molecular complexity index is 708. The molecule has 1 aromatic carbocycles. The van der Waals surface area contributed by atoms with Crippen LogP contribution < -0.4 is 11.3 Å². The molecule has 3 nitrogen and oxygen atoms in total. The van der Waals surface area contributed by atoms with Crippen molar-refractivity contribution in [3.8, 4) is 0 Å². The zero-order valence-corrected chi connectivity index (χ0v) is 11.5. The van der Waals surface area contributed by atoms with E-state index in [9.17, 15) is 4.39 Å². The molecule has 0 saturated carbocycles. The number of fused-ring (bicyclic) bond motifs is 1. The van der Waals surface area contributed by atoms with E-state index >= 15 is 0 Å². The average molecular weight is 287 g/mol. The maximum Gasteiger partial charge on any atom is 0.141 e. The van der Waals surface area contributed by atoms with Gasteiger partial charge in [-0.1, -0.05) is 18.2 Å². The molecule has 3 aromatic rings. The van der Waals surface area contributed by atoms with Crippen molar-refractivity contribution in [2.24, 2.45) is 5.84 Å². The summed E-state index contributed by atoms with van der Waals surface area (Å²) < 4.78 is 14.2. The molecule has 3 rings (SSSR count). The number of hydrogen-bond donors (Lipinski definition) is 2. The SMILES string of the molecule is NNC(Cc1csc2ccccc12)c1ccc(F)cn1. The molecule has 0 radical (unpaired) electrons. The summed E-state index contributed by atoms with van der Waals surface area (Å²) in [5, 5.41) is 3.37. The number of nitrogens with one attached hydrogen (secondary N) is 1. The minimum atomic E-state index is -0.342. The Balaban J connectivity index is 1.89. The summed E-state index contributed by atoms with van der Waals surface area (Å²) >= 11 is 1.72. The number of hydrazine groups is 1. The van der Waals surface area contributed by atoms with Gasteiger partial charge in [0.1, 0.15) is 5.82 Å². The molecular weight excluding hydrogens is 273 g/mol. The fourth-order valence-electron chi connectivity index (χ4n) is 2.25. The van der Waals surface area contributed by atoms with Gasteiger partial charge in [0.2, 0.25) is 0 Å². The van der Waals surface area contributed by atoms with Gasteiger partial charge in [0.25, 0.3) is 0 Å². The highest BCUT2D eigenvalue weighted by Gasteiger charge is 2.14. The van der Waals surface area contributed by atoms with Crippen LogP contribution in [0.4, 0.5) is 4.39 Å². The molecule has 0 amide bonds. The summed E-state index contributed by atoms with van der Waals surface area (Å²) in [6.07, 6.45) is 1.94. The summed E-state index contributed by atoms with van der Waals surface area (Å²) in [5.41, 5.74) is 4.72. The fourth-order valence-corrected chi connectivity index (χ4v) is 3.23. The van der Waals surface area contributed by atoms with Crippen LogP contribution in [0.15, 0.2) is 48.0 Å². The van der Waals surface area contributed by atoms with Crippen molar-refractivity contribution >= 4 is 21.4 Å². The van der Waals surface area contributed by atoms with Crippen molar-refractivity contribution in [3.63, 3.8) is 0 Å². The molecule has 0 saturated heterocycles. The van der Waals surface area contributed by atoms with Crippen LogP contribution in [-0.4, -0.2) is 4.98 Å². The lowest BCUT2D eigenvalue weighted by atomic mass is 10.0. The second-order valence-electron chi connectivity index (χ2n) is 4.58. The van der Waals surface area contributed by atoms with Crippen LogP contribution in [0.2, 0.25) is 0 Å². The van der Waals surface area contributed by atoms with Crippen LogP contribution in [0.5, 0.6) is 0 Å². The van der Waals surface area contributed by atoms with Gasteiger partial charge < -0.3 is 0 Å². The minimum Gasteiger partial charge on any atom is -0.271 e. The lowest BCUT2D eigenvalue weighted by Crippen LogP contribution is -2.30. The van der Waals surface area contributed by atoms with Gasteiger partial charge in [-0.15, -0.1) is 11.3 Å². The Morgan fingerprint density at radius 1 is 1.25 bits per heavy atom. The van der Waals surface area contributed by atoms with E-state index in [0.29, 0.717) is 0 Å². The number of rotatable bonds is 4. The zero-order chi connectivity index (χ0) is 13.9. The third-order valence-corrected chi connectivity index (χ3v) is 4.31. The molecule has 1 atom stereocenters. The molecule has 2 heterocycles. The molecule has 2 aromatic heterocycles. The number of thiophene rings is 1. The number of aromatic nitrogens is 1. The first-order valence-corrected chi connectivity index (χ1v) is 7.18. The van der Waals surface area contributed by atoms with Crippen LogP contribution in [0.25, 0.3) is 10.1 Å². The van der Waals surface area contributed by atoms with Gasteiger partial charge in [-0.2, -0.15) is 0 Å². The Morgan fingerprint density at radius 3 is 2.85 bits per heavy atom. The standard InChI is InChI=1S/C15H14FN3S/c16-11-5-6-13(18-8-11)14(19-17)7-10-9-20-15-4-2-1-3-12(10)15/h1-6,8-9,14,19H,7,17H2. The number of benzene rings is 1. The molecule has 0 aliphatic carbocycles. The van der Waals surface area contributed by atoms with Crippen LogP contribution in [0, 0.1) is 5.82 Å². The first-order valence-electron chi connectivity index (χ1n) is 6.30. The maximum absolute atomic E-state index is 12.9. The molecule has 20 heavy (non-hydrogen) atoms. The Hall–Kier alpha value is -1.82. The largest absolute Gasteiger partial charge is 0.271 e. The third kappa shape index (κ3) is 2.56. The Kier molecular flexibility index (Phi) is 3.73. The van der Waals surface area contributed by atoms with E-state index in [4.69, 9.17) is 5.84 Å². The van der Waals surface area contributed by atoms with E-state index in [1.54, 1.807) is 17.4 Å². The molecular formula is C15H14FN3S. The third-order valence-electron chi connectivity index (χ3n) is 3.29. The van der Waals surface area contributed by atoms with E-state index in [0.717, 1.165) is 12.1 Å². The van der Waals surface area contributed by atoms with Crippen molar-refractivity contribution in [1.29, 1.82) is 0 Å². The molecule has 0 aliphatic rings. The second kappa shape index (κ2) is 5.66. The van der Waals surface area contributed by atoms with Crippen molar-refractivity contribution < 1.29 is 4.39 Å². The first kappa shape index (κ1) is 13.2. The number of halogens is 1. The monoisotopic (exact) mass is 287 g/mol. The molecule has 1 unspecified atom stereocenters. The lowest BCUT2D eigenvalue weighted by molar-refractivity contribution is 0.535. The highest BCUT2D eigenvalue weighted by molar-refractivity contribution is 7.17. The van der Waals surface area contributed by atoms with E-state index in [1.807, 2.05) is 12.1 Å². The number of nitrogens with zero attached hydrogens (tertiary/aromatic N) is 1. The fraction of sp³-hybridized carbons (Fsp3) is 0.133. The number of pyridine rings is 1. The van der Waals surface area contributed by atoms with Crippen LogP contribution in [0.3, 0.4) is 0 Å². The molecule has 0 aliphatic heterocycles. The molecule has 3 N–H and O–H groups in total. The van der Waals surface area contributed by atoms with Gasteiger partial charge in [-0.3, -0.25) is 16.3 Å². The highest BCUT2D eigenvalue weighted by Crippen LogP contribution is 2.28. The van der Waals surface area contributed by atoms with Crippen molar-refractivity contribution in [3.05, 3.63) is 65.0 Å². The van der Waals surface area contributed by atoms with Gasteiger partial charge in [0, 0.05) is 4.70 Å². The van der Waals surface area contributed by atoms with Gasteiger partial charge in [-0.05, 0) is 40.9 Å². The molecule has 102 valence electrons. The minimum absolute atomic E-state index is 0.131. The molecule has 0 bridgehead atoms. The predicted octanol–water partition coefficient (Wildman–Crippen LogP) is 3.18. The Labute approximate surface area is 120 Å². The molecule has 0 fully saturated rings. The smallest absolute Gasteiger partial charge is 0.141 e. The summed E-state index contributed by atoms with van der Waals surface area (Å²) in [6.45, 7) is 0. The van der Waals surface area contributed by atoms with Crippen molar-refractivity contribution in [2.45, 2.75) is 12.5 Å². The summed E-state index contributed by atoms with van der Waals surface area (Å²) in [5.74, 6) is 5.28. The van der Waals surface area contributed by atoms with Gasteiger partial charge in [0.05, 0.1) is 17.9 Å². The lowest BCUT2D eigenvalue weighted by Gasteiger charge is -2.14. The van der Waals surface area contributed by atoms with Crippen molar-refractivity contribution in [1.82, 2.24) is 10.4 Å². The summed E-state index contributed by atoms with van der Waals surface area (Å²) in [6, 6.07) is 11.2. The summed E-state index contributed by atoms with van der Waals surface area (Å²) in [4.78, 5) is 4.10. The first-order chi connectivity index (χ1) is 9.78. The number of nitrogens with two attached hydrogens (primary N) is 1. The van der Waals surface area contributed by atoms with Crippen LogP contribution in [0.1, 0.15) is 17.3 Å². The van der Waals surface area contributed by atoms with Crippen molar-refractivity contribution in [2.75, 3.05) is 0 Å². The van der Waals surface area contributed by atoms with Gasteiger partial charge in [-0.25, -0.2) is 4.39 Å². The van der Waals surface area contributed by atoms with Crippen LogP contribution in [-0.2, 0) is 6.42 Å². The van der Waals surface area contributed by atoms with Gasteiger partial charge in [0.15, 0.2) is 0 Å². The zero-order valence-electron chi connectivity index (χ0n) is 10.7. The average Bonchev–Trinajstić information content (AvgIpc) is 2.89. The highest BCUT2D eigenvalue weighted by atomic mass is 32.1. The predicted molar refractivity (Wildman–Crippen MR) is 79.8 cm³/mol. The van der Waals surface area contributed by atoms with E-state index in [-0.39, 0.29) is 11.9 Å². The maximum atomic E-state index is 12.9. The van der Waals surface area contributed by atoms with E-state index in [2.05, 4.69) is 27.9 Å². The normalized spacial score (nSPS) is 12.7. The van der Waals surface area contributed by atoms with E-state index in [1.165, 1.54) is 27.9 Å². The number of hydrogen-bond acceptors (Lipinski definition) is 4.